The van der Waals surface area contributed by atoms with Gasteiger partial charge in [0.1, 0.15) is 4.75 Å². The Balaban J connectivity index is 2.76. The number of pyridine rings is 1. The Morgan fingerprint density at radius 1 is 1.36 bits per heavy atom. The van der Waals surface area contributed by atoms with E-state index in [1.54, 1.807) is 13.0 Å². The van der Waals surface area contributed by atoms with Crippen LogP contribution in [0.3, 0.4) is 0 Å². The molecule has 0 radical (unpaired) electrons. The fourth-order valence-electron chi connectivity index (χ4n) is 1.53. The maximum absolute atomic E-state index is 12.1. The summed E-state index contributed by atoms with van der Waals surface area (Å²) in [5.41, 5.74) is 1.23. The molecule has 0 aliphatic heterocycles. The van der Waals surface area contributed by atoms with Crippen LogP contribution in [0.4, 0.5) is 13.2 Å². The molecule has 1 unspecified atom stereocenters. The lowest BCUT2D eigenvalue weighted by molar-refractivity contribution is -0.154. The molecular formula is C14H21F3N2O2S. The van der Waals surface area contributed by atoms with E-state index in [9.17, 15) is 17.7 Å². The molecule has 0 aliphatic rings. The smallest absolute Gasteiger partial charge is 0.422 e. The standard InChI is InChI=1S/C14H21F3N2O2S/c1-9-6-11(10(2)19-22(20)13(3,4)5)7-18-12(9)21-8-14(15,16)17/h6-7,10,19H,8H2,1-5H3/t10?,22-/m1/s1. The van der Waals surface area contributed by atoms with Crippen LogP contribution in [0.1, 0.15) is 44.9 Å². The zero-order valence-electron chi connectivity index (χ0n) is 13.2. The van der Waals surface area contributed by atoms with Crippen molar-refractivity contribution in [3.8, 4) is 5.88 Å². The quantitative estimate of drug-likeness (QED) is 0.836. The molecule has 0 saturated heterocycles. The summed E-state index contributed by atoms with van der Waals surface area (Å²) in [6, 6.07) is 1.43. The number of nitrogens with zero attached hydrogens (tertiary/aromatic N) is 1. The summed E-state index contributed by atoms with van der Waals surface area (Å²) in [6.07, 6.45) is -2.97. The number of hydrogen-bond donors (Lipinski definition) is 1. The Hall–Kier alpha value is -0.990. The van der Waals surface area contributed by atoms with E-state index < -0.39 is 28.9 Å². The first kappa shape index (κ1) is 19.1. The molecule has 1 rings (SSSR count). The van der Waals surface area contributed by atoms with Gasteiger partial charge < -0.3 is 9.29 Å². The van der Waals surface area contributed by atoms with E-state index in [1.165, 1.54) is 6.20 Å². The molecule has 8 heteroatoms. The van der Waals surface area contributed by atoms with Crippen LogP contribution >= 0.6 is 0 Å². The highest BCUT2D eigenvalue weighted by atomic mass is 32.2. The molecule has 1 aromatic heterocycles. The van der Waals surface area contributed by atoms with Crippen LogP contribution in [-0.2, 0) is 11.4 Å². The molecule has 1 aromatic rings. The normalized spacial score (nSPS) is 15.5. The van der Waals surface area contributed by atoms with E-state index in [0.29, 0.717) is 5.56 Å². The number of ether oxygens (including phenoxy) is 1. The van der Waals surface area contributed by atoms with E-state index in [0.717, 1.165) is 5.56 Å². The maximum Gasteiger partial charge on any atom is 0.422 e. The van der Waals surface area contributed by atoms with Gasteiger partial charge >= 0.3 is 6.18 Å². The van der Waals surface area contributed by atoms with Crippen LogP contribution in [0.5, 0.6) is 5.88 Å². The average Bonchev–Trinajstić information content (AvgIpc) is 2.34. The molecule has 0 amide bonds. The molecule has 2 atom stereocenters. The highest BCUT2D eigenvalue weighted by Crippen LogP contribution is 2.24. The van der Waals surface area contributed by atoms with Gasteiger partial charge in [-0.25, -0.2) is 4.98 Å². The predicted molar refractivity (Wildman–Crippen MR) is 80.0 cm³/mol. The lowest BCUT2D eigenvalue weighted by Gasteiger charge is -2.26. The van der Waals surface area contributed by atoms with E-state index in [-0.39, 0.29) is 11.9 Å². The molecular weight excluding hydrogens is 317 g/mol. The molecule has 1 N–H and O–H groups in total. The summed E-state index contributed by atoms with van der Waals surface area (Å²) in [7, 11) is 0. The van der Waals surface area contributed by atoms with Crippen molar-refractivity contribution < 1.29 is 22.5 Å². The van der Waals surface area contributed by atoms with Gasteiger partial charge in [0.05, 0.1) is 6.04 Å². The largest absolute Gasteiger partial charge is 0.598 e. The first-order valence-electron chi connectivity index (χ1n) is 6.74. The van der Waals surface area contributed by atoms with Crippen LogP contribution in [0, 0.1) is 6.92 Å². The minimum atomic E-state index is -4.40. The number of alkyl halides is 3. The SMILES string of the molecule is Cc1cc(C(C)N[S@+]([O-])C(C)(C)C)cnc1OCC(F)(F)F. The van der Waals surface area contributed by atoms with Crippen molar-refractivity contribution in [2.75, 3.05) is 6.61 Å². The van der Waals surface area contributed by atoms with E-state index in [1.807, 2.05) is 27.7 Å². The van der Waals surface area contributed by atoms with Gasteiger partial charge in [-0.15, -0.1) is 4.72 Å². The maximum atomic E-state index is 12.1. The number of halogens is 3. The number of aromatic nitrogens is 1. The molecule has 22 heavy (non-hydrogen) atoms. The van der Waals surface area contributed by atoms with Gasteiger partial charge in [0.25, 0.3) is 0 Å². The Labute approximate surface area is 131 Å². The molecule has 0 bridgehead atoms. The molecule has 0 aliphatic carbocycles. The fraction of sp³-hybridized carbons (Fsp3) is 0.643. The average molecular weight is 338 g/mol. The van der Waals surface area contributed by atoms with Crippen LogP contribution < -0.4 is 9.46 Å². The zero-order chi connectivity index (χ0) is 17.1. The van der Waals surface area contributed by atoms with E-state index in [2.05, 4.69) is 14.4 Å². The van der Waals surface area contributed by atoms with E-state index in [4.69, 9.17) is 0 Å². The van der Waals surface area contributed by atoms with Gasteiger partial charge in [-0.2, -0.15) is 13.2 Å². The van der Waals surface area contributed by atoms with Crippen LogP contribution in [-0.4, -0.2) is 27.1 Å². The Morgan fingerprint density at radius 3 is 2.41 bits per heavy atom. The monoisotopic (exact) mass is 338 g/mol. The van der Waals surface area contributed by atoms with Crippen molar-refractivity contribution in [2.24, 2.45) is 0 Å². The predicted octanol–water partition coefficient (Wildman–Crippen LogP) is 3.44. The number of rotatable bonds is 5. The Morgan fingerprint density at radius 2 is 1.95 bits per heavy atom. The second-order valence-corrected chi connectivity index (χ2v) is 8.01. The van der Waals surface area contributed by atoms with Gasteiger partial charge in [-0.1, -0.05) is 0 Å². The second-order valence-electron chi connectivity index (χ2n) is 6.02. The molecule has 0 fully saturated rings. The van der Waals surface area contributed by atoms with Crippen molar-refractivity contribution >= 4 is 11.4 Å². The third-order valence-corrected chi connectivity index (χ3v) is 4.44. The summed E-state index contributed by atoms with van der Waals surface area (Å²) in [4.78, 5) is 3.91. The first-order valence-corrected chi connectivity index (χ1v) is 7.89. The van der Waals surface area contributed by atoms with Crippen LogP contribution in [0.2, 0.25) is 0 Å². The number of hydrogen-bond acceptors (Lipinski definition) is 4. The molecule has 4 nitrogen and oxygen atoms in total. The third-order valence-electron chi connectivity index (χ3n) is 2.76. The van der Waals surface area contributed by atoms with Crippen molar-refractivity contribution in [3.05, 3.63) is 23.4 Å². The highest BCUT2D eigenvalue weighted by Gasteiger charge is 2.30. The second kappa shape index (κ2) is 7.06. The third kappa shape index (κ3) is 6.02. The van der Waals surface area contributed by atoms with Crippen LogP contribution in [0.15, 0.2) is 12.3 Å². The topological polar surface area (TPSA) is 57.2 Å². The summed E-state index contributed by atoms with van der Waals surface area (Å²) in [6.45, 7) is 7.61. The summed E-state index contributed by atoms with van der Waals surface area (Å²) >= 11 is -1.25. The van der Waals surface area contributed by atoms with Gasteiger partial charge in [0.15, 0.2) is 6.61 Å². The summed E-state index contributed by atoms with van der Waals surface area (Å²) < 4.78 is 55.7. The number of aryl methyl sites for hydroxylation is 1. The lowest BCUT2D eigenvalue weighted by atomic mass is 10.1. The molecule has 0 aromatic carbocycles. The lowest BCUT2D eigenvalue weighted by Crippen LogP contribution is -2.40. The van der Waals surface area contributed by atoms with Crippen molar-refractivity contribution in [1.29, 1.82) is 0 Å². The molecule has 0 spiro atoms. The fourth-order valence-corrected chi connectivity index (χ4v) is 2.34. The zero-order valence-corrected chi connectivity index (χ0v) is 14.1. The highest BCUT2D eigenvalue weighted by molar-refractivity contribution is 7.90. The van der Waals surface area contributed by atoms with Gasteiger partial charge in [0, 0.05) is 23.1 Å². The van der Waals surface area contributed by atoms with Crippen molar-refractivity contribution in [3.63, 3.8) is 0 Å². The molecule has 126 valence electrons. The Bertz CT molecular complexity index is 504. The summed E-state index contributed by atoms with van der Waals surface area (Å²) in [5, 5.41) is 0. The van der Waals surface area contributed by atoms with Crippen LogP contribution in [0.25, 0.3) is 0 Å². The van der Waals surface area contributed by atoms with Gasteiger partial charge in [-0.05, 0) is 46.2 Å². The number of nitrogens with one attached hydrogen (secondary N) is 1. The summed E-state index contributed by atoms with van der Waals surface area (Å²) in [5.74, 6) is -0.0507. The minimum Gasteiger partial charge on any atom is -0.598 e. The Kier molecular flexibility index (Phi) is 6.11. The van der Waals surface area contributed by atoms with Crippen molar-refractivity contribution in [2.45, 2.75) is 51.6 Å². The van der Waals surface area contributed by atoms with Gasteiger partial charge in [-0.3, -0.25) is 0 Å². The van der Waals surface area contributed by atoms with E-state index >= 15 is 0 Å². The first-order chi connectivity index (χ1) is 9.90. The van der Waals surface area contributed by atoms with Crippen molar-refractivity contribution in [1.82, 2.24) is 9.71 Å². The molecule has 0 saturated carbocycles. The van der Waals surface area contributed by atoms with Gasteiger partial charge in [0.2, 0.25) is 5.88 Å². The minimum absolute atomic E-state index is 0.0507. The molecule has 1 heterocycles.